The fourth-order valence-corrected chi connectivity index (χ4v) is 2.56. The number of halogens is 1. The highest BCUT2D eigenvalue weighted by atomic mass is 79.9. The summed E-state index contributed by atoms with van der Waals surface area (Å²) < 4.78 is 6.14. The Morgan fingerprint density at radius 2 is 1.90 bits per heavy atom. The first-order chi connectivity index (χ1) is 10.1. The van der Waals surface area contributed by atoms with E-state index in [9.17, 15) is 4.79 Å². The molecule has 0 aliphatic rings. The SMILES string of the molecule is COc1ccc(C(=O)CN(C)Cc2cccc(Br)c2)cc1. The van der Waals surface area contributed by atoms with E-state index in [0.717, 1.165) is 16.8 Å². The van der Waals surface area contributed by atoms with E-state index in [1.165, 1.54) is 5.56 Å². The van der Waals surface area contributed by atoms with Gasteiger partial charge in [0, 0.05) is 16.6 Å². The molecule has 0 aromatic heterocycles. The van der Waals surface area contributed by atoms with Crippen LogP contribution in [0.15, 0.2) is 53.0 Å². The Morgan fingerprint density at radius 3 is 2.52 bits per heavy atom. The number of rotatable bonds is 6. The molecule has 0 aliphatic carbocycles. The van der Waals surface area contributed by atoms with Crippen LogP contribution in [0.1, 0.15) is 15.9 Å². The number of benzene rings is 2. The minimum Gasteiger partial charge on any atom is -0.497 e. The smallest absolute Gasteiger partial charge is 0.176 e. The lowest BCUT2D eigenvalue weighted by Crippen LogP contribution is -2.25. The first-order valence-corrected chi connectivity index (χ1v) is 7.48. The Hall–Kier alpha value is -1.65. The van der Waals surface area contributed by atoms with Crippen LogP contribution >= 0.6 is 15.9 Å². The summed E-state index contributed by atoms with van der Waals surface area (Å²) in [6, 6.07) is 15.3. The summed E-state index contributed by atoms with van der Waals surface area (Å²) in [7, 11) is 3.56. The number of hydrogen-bond donors (Lipinski definition) is 0. The molecule has 0 fully saturated rings. The van der Waals surface area contributed by atoms with Crippen LogP contribution in [-0.4, -0.2) is 31.4 Å². The summed E-state index contributed by atoms with van der Waals surface area (Å²) in [5.41, 5.74) is 1.88. The van der Waals surface area contributed by atoms with Crippen molar-refractivity contribution in [2.24, 2.45) is 0 Å². The van der Waals surface area contributed by atoms with Gasteiger partial charge in [0.1, 0.15) is 5.75 Å². The van der Waals surface area contributed by atoms with Crippen molar-refractivity contribution >= 4 is 21.7 Å². The Kier molecular flexibility index (Phi) is 5.53. The van der Waals surface area contributed by atoms with Gasteiger partial charge in [-0.25, -0.2) is 0 Å². The first kappa shape index (κ1) is 15.7. The van der Waals surface area contributed by atoms with Crippen molar-refractivity contribution < 1.29 is 9.53 Å². The summed E-state index contributed by atoms with van der Waals surface area (Å²) in [5.74, 6) is 0.865. The lowest BCUT2D eigenvalue weighted by atomic mass is 10.1. The van der Waals surface area contributed by atoms with Crippen molar-refractivity contribution in [3.05, 3.63) is 64.1 Å². The summed E-state index contributed by atoms with van der Waals surface area (Å²) in [6.07, 6.45) is 0. The van der Waals surface area contributed by atoms with Crippen LogP contribution in [0.25, 0.3) is 0 Å². The fraction of sp³-hybridized carbons (Fsp3) is 0.235. The Bertz CT molecular complexity index is 610. The summed E-state index contributed by atoms with van der Waals surface area (Å²) in [5, 5.41) is 0. The average Bonchev–Trinajstić information content (AvgIpc) is 2.47. The fourth-order valence-electron chi connectivity index (χ4n) is 2.12. The topological polar surface area (TPSA) is 29.5 Å². The third-order valence-electron chi connectivity index (χ3n) is 3.17. The highest BCUT2D eigenvalue weighted by Crippen LogP contribution is 2.14. The van der Waals surface area contributed by atoms with Crippen LogP contribution in [0.2, 0.25) is 0 Å². The second-order valence-corrected chi connectivity index (χ2v) is 5.87. The molecule has 0 unspecified atom stereocenters. The Labute approximate surface area is 133 Å². The van der Waals surface area contributed by atoms with Crippen LogP contribution in [0.3, 0.4) is 0 Å². The first-order valence-electron chi connectivity index (χ1n) is 6.68. The molecule has 110 valence electrons. The number of ketones is 1. The maximum absolute atomic E-state index is 12.2. The number of carbonyl (C=O) groups excluding carboxylic acids is 1. The van der Waals surface area contributed by atoms with Crippen LogP contribution in [0.5, 0.6) is 5.75 Å². The predicted octanol–water partition coefficient (Wildman–Crippen LogP) is 3.77. The Balaban J connectivity index is 1.95. The molecular formula is C17H18BrNO2. The molecule has 0 bridgehead atoms. The maximum Gasteiger partial charge on any atom is 0.176 e. The van der Waals surface area contributed by atoms with E-state index in [-0.39, 0.29) is 5.78 Å². The number of methoxy groups -OCH3 is 1. The quantitative estimate of drug-likeness (QED) is 0.745. The van der Waals surface area contributed by atoms with Crippen molar-refractivity contribution in [3.63, 3.8) is 0 Å². The van der Waals surface area contributed by atoms with Crippen molar-refractivity contribution in [2.75, 3.05) is 20.7 Å². The third-order valence-corrected chi connectivity index (χ3v) is 3.66. The van der Waals surface area contributed by atoms with Crippen molar-refractivity contribution in [1.82, 2.24) is 4.90 Å². The van der Waals surface area contributed by atoms with E-state index in [1.54, 1.807) is 19.2 Å². The van der Waals surface area contributed by atoms with Crippen LogP contribution < -0.4 is 4.74 Å². The lowest BCUT2D eigenvalue weighted by Gasteiger charge is -2.16. The molecule has 2 aromatic carbocycles. The molecule has 0 aliphatic heterocycles. The highest BCUT2D eigenvalue weighted by Gasteiger charge is 2.10. The zero-order valence-electron chi connectivity index (χ0n) is 12.2. The lowest BCUT2D eigenvalue weighted by molar-refractivity contribution is 0.0943. The molecule has 0 spiro atoms. The van der Waals surface area contributed by atoms with Gasteiger partial charge >= 0.3 is 0 Å². The van der Waals surface area contributed by atoms with Gasteiger partial charge in [-0.15, -0.1) is 0 Å². The van der Waals surface area contributed by atoms with E-state index >= 15 is 0 Å². The zero-order chi connectivity index (χ0) is 15.2. The van der Waals surface area contributed by atoms with Gasteiger partial charge in [-0.2, -0.15) is 0 Å². The molecule has 0 N–H and O–H groups in total. The van der Waals surface area contributed by atoms with Gasteiger partial charge in [0.25, 0.3) is 0 Å². The molecule has 3 nitrogen and oxygen atoms in total. The van der Waals surface area contributed by atoms with Crippen molar-refractivity contribution in [1.29, 1.82) is 0 Å². The molecule has 2 aromatic rings. The van der Waals surface area contributed by atoms with Gasteiger partial charge in [0.2, 0.25) is 0 Å². The molecular weight excluding hydrogens is 330 g/mol. The molecule has 0 saturated carbocycles. The molecule has 0 heterocycles. The monoisotopic (exact) mass is 347 g/mol. The van der Waals surface area contributed by atoms with Crippen molar-refractivity contribution in [3.8, 4) is 5.75 Å². The molecule has 21 heavy (non-hydrogen) atoms. The largest absolute Gasteiger partial charge is 0.497 e. The highest BCUT2D eigenvalue weighted by molar-refractivity contribution is 9.10. The average molecular weight is 348 g/mol. The minimum atomic E-state index is 0.107. The van der Waals surface area contributed by atoms with Gasteiger partial charge in [-0.05, 0) is 49.0 Å². The minimum absolute atomic E-state index is 0.107. The second-order valence-electron chi connectivity index (χ2n) is 4.95. The van der Waals surface area contributed by atoms with E-state index < -0.39 is 0 Å². The van der Waals surface area contributed by atoms with E-state index in [4.69, 9.17) is 4.74 Å². The van der Waals surface area contributed by atoms with Gasteiger partial charge in [-0.3, -0.25) is 9.69 Å². The number of nitrogens with zero attached hydrogens (tertiary/aromatic N) is 1. The predicted molar refractivity (Wildman–Crippen MR) is 87.8 cm³/mol. The summed E-state index contributed by atoms with van der Waals surface area (Å²) >= 11 is 3.46. The molecule has 0 saturated heterocycles. The summed E-state index contributed by atoms with van der Waals surface area (Å²) in [4.78, 5) is 14.2. The van der Waals surface area contributed by atoms with Crippen LogP contribution in [0.4, 0.5) is 0 Å². The number of hydrogen-bond acceptors (Lipinski definition) is 3. The van der Waals surface area contributed by atoms with Gasteiger partial charge in [0.05, 0.1) is 13.7 Å². The van der Waals surface area contributed by atoms with Gasteiger partial charge in [-0.1, -0.05) is 28.1 Å². The molecule has 0 amide bonds. The van der Waals surface area contributed by atoms with Gasteiger partial charge < -0.3 is 4.74 Å². The molecule has 4 heteroatoms. The standard InChI is InChI=1S/C17H18BrNO2/c1-19(11-13-4-3-5-15(18)10-13)12-17(20)14-6-8-16(21-2)9-7-14/h3-10H,11-12H2,1-2H3. The molecule has 0 radical (unpaired) electrons. The second kappa shape index (κ2) is 7.38. The third kappa shape index (κ3) is 4.69. The van der Waals surface area contributed by atoms with E-state index in [0.29, 0.717) is 12.1 Å². The molecule has 2 rings (SSSR count). The Morgan fingerprint density at radius 1 is 1.19 bits per heavy atom. The normalized spacial score (nSPS) is 10.7. The zero-order valence-corrected chi connectivity index (χ0v) is 13.8. The van der Waals surface area contributed by atoms with E-state index in [2.05, 4.69) is 28.1 Å². The maximum atomic E-state index is 12.2. The van der Waals surface area contributed by atoms with Crippen LogP contribution in [-0.2, 0) is 6.54 Å². The summed E-state index contributed by atoms with van der Waals surface area (Å²) in [6.45, 7) is 1.13. The molecule has 0 atom stereocenters. The number of likely N-dealkylation sites (N-methyl/N-ethyl adjacent to an activating group) is 1. The number of Topliss-reactive ketones (excluding diaryl/α,β-unsaturated/α-hetero) is 1. The number of carbonyl (C=O) groups is 1. The number of ether oxygens (including phenoxy) is 1. The van der Waals surface area contributed by atoms with Crippen LogP contribution in [0, 0.1) is 0 Å². The van der Waals surface area contributed by atoms with Gasteiger partial charge in [0.15, 0.2) is 5.78 Å². The van der Waals surface area contributed by atoms with Crippen molar-refractivity contribution in [2.45, 2.75) is 6.54 Å². The van der Waals surface area contributed by atoms with E-state index in [1.807, 2.05) is 36.2 Å².